The lowest BCUT2D eigenvalue weighted by Crippen LogP contribution is -2.59. The number of nitrogens with zero attached hydrogens (tertiary/aromatic N) is 1. The van der Waals surface area contributed by atoms with Crippen LogP contribution in [0.4, 0.5) is 14.9 Å². The highest BCUT2D eigenvalue weighted by Gasteiger charge is 2.62. The van der Waals surface area contributed by atoms with E-state index in [0.29, 0.717) is 24.1 Å². The Morgan fingerprint density at radius 1 is 1.26 bits per heavy atom. The topological polar surface area (TPSA) is 66.5 Å². The van der Waals surface area contributed by atoms with Crippen LogP contribution < -0.4 is 10.2 Å². The van der Waals surface area contributed by atoms with Gasteiger partial charge in [0.05, 0.1) is 5.69 Å². The van der Waals surface area contributed by atoms with Crippen LogP contribution in [-0.2, 0) is 9.59 Å². The summed E-state index contributed by atoms with van der Waals surface area (Å²) in [7, 11) is 0. The number of imide groups is 2. The average Bonchev–Trinajstić information content (AvgIpc) is 3.11. The molecule has 1 spiro atoms. The molecule has 1 aliphatic heterocycles. The number of hydrogen-bond acceptors (Lipinski definition) is 3. The van der Waals surface area contributed by atoms with Gasteiger partial charge in [0.2, 0.25) is 5.91 Å². The minimum absolute atomic E-state index is 0.308. The normalized spacial score (nSPS) is 20.7. The van der Waals surface area contributed by atoms with Crippen LogP contribution >= 0.6 is 0 Å². The molecule has 2 fully saturated rings. The molecule has 0 aromatic heterocycles. The lowest BCUT2D eigenvalue weighted by Gasteiger charge is -2.31. The van der Waals surface area contributed by atoms with Gasteiger partial charge in [-0.25, -0.2) is 14.1 Å². The maximum Gasteiger partial charge on any atom is 0.335 e. The molecule has 1 saturated carbocycles. The van der Waals surface area contributed by atoms with E-state index in [-0.39, 0.29) is 0 Å². The van der Waals surface area contributed by atoms with E-state index in [2.05, 4.69) is 5.32 Å². The van der Waals surface area contributed by atoms with Crippen molar-refractivity contribution in [3.8, 4) is 0 Å². The van der Waals surface area contributed by atoms with Crippen molar-refractivity contribution in [1.82, 2.24) is 5.32 Å². The maximum absolute atomic E-state index is 13.1. The summed E-state index contributed by atoms with van der Waals surface area (Å²) in [6, 6.07) is 3.01. The predicted octanol–water partition coefficient (Wildman–Crippen LogP) is 1.50. The van der Waals surface area contributed by atoms with Crippen molar-refractivity contribution in [2.24, 2.45) is 5.41 Å². The van der Waals surface area contributed by atoms with Gasteiger partial charge in [0, 0.05) is 0 Å². The van der Waals surface area contributed by atoms with Gasteiger partial charge in [-0.3, -0.25) is 14.9 Å². The minimum Gasteiger partial charge on any atom is -0.276 e. The minimum atomic E-state index is -1.09. The van der Waals surface area contributed by atoms with E-state index in [4.69, 9.17) is 0 Å². The lowest BCUT2D eigenvalue weighted by atomic mass is 10.0. The summed E-state index contributed by atoms with van der Waals surface area (Å²) < 4.78 is 13.1. The maximum atomic E-state index is 13.1. The quantitative estimate of drug-likeness (QED) is 0.780. The molecule has 0 radical (unpaired) electrons. The molecule has 2 aliphatic rings. The molecule has 98 valence electrons. The monoisotopic (exact) mass is 262 g/mol. The summed E-state index contributed by atoms with van der Waals surface area (Å²) in [4.78, 5) is 36.8. The van der Waals surface area contributed by atoms with Gasteiger partial charge in [-0.15, -0.1) is 0 Å². The highest BCUT2D eigenvalue weighted by Crippen LogP contribution is 2.49. The van der Waals surface area contributed by atoms with E-state index >= 15 is 0 Å². The van der Waals surface area contributed by atoms with Crippen LogP contribution in [0.25, 0.3) is 0 Å². The number of hydrogen-bond donors (Lipinski definition) is 1. The molecule has 0 bridgehead atoms. The van der Waals surface area contributed by atoms with Gasteiger partial charge in [0.1, 0.15) is 11.2 Å². The Morgan fingerprint density at radius 3 is 2.53 bits per heavy atom. The van der Waals surface area contributed by atoms with Crippen molar-refractivity contribution < 1.29 is 18.8 Å². The average molecular weight is 262 g/mol. The van der Waals surface area contributed by atoms with E-state index in [0.717, 1.165) is 4.90 Å². The van der Waals surface area contributed by atoms with Gasteiger partial charge in [0.15, 0.2) is 0 Å². The van der Waals surface area contributed by atoms with Crippen LogP contribution in [0.2, 0.25) is 0 Å². The lowest BCUT2D eigenvalue weighted by molar-refractivity contribution is -0.136. The van der Waals surface area contributed by atoms with Crippen LogP contribution in [0, 0.1) is 18.2 Å². The van der Waals surface area contributed by atoms with Gasteiger partial charge >= 0.3 is 6.03 Å². The van der Waals surface area contributed by atoms with Crippen molar-refractivity contribution in [3.63, 3.8) is 0 Å². The van der Waals surface area contributed by atoms with E-state index in [1.54, 1.807) is 6.92 Å². The third-order valence-electron chi connectivity index (χ3n) is 3.62. The van der Waals surface area contributed by atoms with Crippen LogP contribution in [0.3, 0.4) is 0 Å². The largest absolute Gasteiger partial charge is 0.335 e. The number of barbiturate groups is 1. The van der Waals surface area contributed by atoms with Crippen molar-refractivity contribution in [1.29, 1.82) is 0 Å². The molecule has 1 aromatic rings. The van der Waals surface area contributed by atoms with Crippen LogP contribution in [0.5, 0.6) is 0 Å². The molecule has 5 nitrogen and oxygen atoms in total. The second kappa shape index (κ2) is 3.63. The van der Waals surface area contributed by atoms with Crippen LogP contribution in [0.1, 0.15) is 18.4 Å². The fourth-order valence-electron chi connectivity index (χ4n) is 2.33. The second-order valence-corrected chi connectivity index (χ2v) is 4.91. The fraction of sp³-hybridized carbons (Fsp3) is 0.308. The van der Waals surface area contributed by atoms with Gasteiger partial charge < -0.3 is 0 Å². The van der Waals surface area contributed by atoms with Gasteiger partial charge in [-0.05, 0) is 43.5 Å². The number of carbonyl (C=O) groups excluding carboxylic acids is 3. The third-order valence-corrected chi connectivity index (χ3v) is 3.62. The fourth-order valence-corrected chi connectivity index (χ4v) is 2.33. The highest BCUT2D eigenvalue weighted by atomic mass is 19.1. The summed E-state index contributed by atoms with van der Waals surface area (Å²) >= 11 is 0. The molecule has 0 atom stereocenters. The zero-order valence-electron chi connectivity index (χ0n) is 10.2. The van der Waals surface area contributed by atoms with Crippen molar-refractivity contribution in [2.45, 2.75) is 19.8 Å². The zero-order chi connectivity index (χ0) is 13.8. The molecule has 1 heterocycles. The number of aryl methyl sites for hydroxylation is 1. The van der Waals surface area contributed by atoms with Crippen molar-refractivity contribution in [3.05, 3.63) is 29.6 Å². The molecule has 0 unspecified atom stereocenters. The number of benzene rings is 1. The molecule has 4 amide bonds. The summed E-state index contributed by atoms with van der Waals surface area (Å²) in [6.45, 7) is 1.61. The van der Waals surface area contributed by atoms with Crippen molar-refractivity contribution in [2.75, 3.05) is 4.90 Å². The molecule has 1 saturated heterocycles. The molecular formula is C13H11FN2O3. The molecular weight excluding hydrogens is 251 g/mol. The molecule has 6 heteroatoms. The number of halogens is 1. The Labute approximate surface area is 108 Å². The summed E-state index contributed by atoms with van der Waals surface area (Å²) in [5.74, 6) is -1.49. The first-order chi connectivity index (χ1) is 8.95. The standard InChI is InChI=1S/C13H11FN2O3/c1-7-6-8(14)2-3-9(7)16-11(18)13(4-5-13)10(17)15-12(16)19/h2-3,6H,4-5H2,1H3,(H,15,17,19). The second-order valence-electron chi connectivity index (χ2n) is 4.91. The van der Waals surface area contributed by atoms with Gasteiger partial charge in [0.25, 0.3) is 5.91 Å². The summed E-state index contributed by atoms with van der Waals surface area (Å²) in [5.41, 5.74) is -0.314. The Morgan fingerprint density at radius 2 is 1.95 bits per heavy atom. The van der Waals surface area contributed by atoms with Crippen LogP contribution in [-0.4, -0.2) is 17.8 Å². The first kappa shape index (κ1) is 11.8. The Hall–Kier alpha value is -2.24. The van der Waals surface area contributed by atoms with Gasteiger partial charge in [-0.1, -0.05) is 0 Å². The molecule has 1 aromatic carbocycles. The number of carbonyl (C=O) groups is 3. The molecule has 19 heavy (non-hydrogen) atoms. The van der Waals surface area contributed by atoms with Gasteiger partial charge in [-0.2, -0.15) is 0 Å². The van der Waals surface area contributed by atoms with E-state index in [1.807, 2.05) is 0 Å². The number of urea groups is 1. The van der Waals surface area contributed by atoms with E-state index in [1.165, 1.54) is 18.2 Å². The molecule has 1 N–H and O–H groups in total. The number of rotatable bonds is 1. The van der Waals surface area contributed by atoms with Crippen LogP contribution in [0.15, 0.2) is 18.2 Å². The summed E-state index contributed by atoms with van der Waals surface area (Å²) in [6.07, 6.45) is 0.892. The van der Waals surface area contributed by atoms with E-state index < -0.39 is 29.1 Å². The number of amides is 4. The Balaban J connectivity index is 2.06. The van der Waals surface area contributed by atoms with E-state index in [9.17, 15) is 18.8 Å². The first-order valence-corrected chi connectivity index (χ1v) is 5.92. The van der Waals surface area contributed by atoms with Crippen molar-refractivity contribution >= 4 is 23.5 Å². The SMILES string of the molecule is Cc1cc(F)ccc1N1C(=O)NC(=O)C2(CC2)C1=O. The Bertz CT molecular complexity index is 622. The summed E-state index contributed by atoms with van der Waals surface area (Å²) in [5, 5.41) is 2.19. The third kappa shape index (κ3) is 1.56. The molecule has 1 aliphatic carbocycles. The zero-order valence-corrected chi connectivity index (χ0v) is 10.2. The number of nitrogens with one attached hydrogen (secondary N) is 1. The Kier molecular flexibility index (Phi) is 2.26. The molecule has 3 rings (SSSR count). The number of anilines is 1. The first-order valence-electron chi connectivity index (χ1n) is 5.92. The smallest absolute Gasteiger partial charge is 0.276 e. The highest BCUT2D eigenvalue weighted by molar-refractivity contribution is 6.31. The predicted molar refractivity (Wildman–Crippen MR) is 63.8 cm³/mol.